The number of hydrogen-bond acceptors (Lipinski definition) is 1. The molecule has 0 aromatic heterocycles. The molecule has 0 fully saturated rings. The van der Waals surface area contributed by atoms with Gasteiger partial charge in [0.1, 0.15) is 0 Å². The fourth-order valence-corrected chi connectivity index (χ4v) is 0.694. The number of urea groups is 1. The molecule has 0 aliphatic rings. The van der Waals surface area contributed by atoms with Crippen LogP contribution in [0.3, 0.4) is 0 Å². The van der Waals surface area contributed by atoms with Crippen LogP contribution in [0, 0.1) is 0 Å². The van der Waals surface area contributed by atoms with Gasteiger partial charge in [0.15, 0.2) is 0 Å². The number of primary amides is 1. The molecule has 0 spiro atoms. The van der Waals surface area contributed by atoms with E-state index in [4.69, 9.17) is 5.73 Å². The number of carbonyl (C=O) groups excluding carboxylic acids is 1. The second kappa shape index (κ2) is 6.68. The van der Waals surface area contributed by atoms with Gasteiger partial charge in [-0.05, 0) is 13.3 Å². The molecule has 0 rings (SSSR count). The highest BCUT2D eigenvalue weighted by Crippen LogP contribution is 1.88. The number of nitrogens with two attached hydrogens (primary N) is 1. The van der Waals surface area contributed by atoms with Gasteiger partial charge < -0.3 is 10.6 Å². The van der Waals surface area contributed by atoms with Crippen molar-refractivity contribution < 1.29 is 4.79 Å². The summed E-state index contributed by atoms with van der Waals surface area (Å²) in [5.74, 6) is 0. The van der Waals surface area contributed by atoms with E-state index in [0.29, 0.717) is 6.54 Å². The van der Waals surface area contributed by atoms with Crippen LogP contribution >= 0.6 is 12.4 Å². The van der Waals surface area contributed by atoms with Crippen molar-refractivity contribution in [1.29, 1.82) is 0 Å². The van der Waals surface area contributed by atoms with Crippen LogP contribution in [0.5, 0.6) is 0 Å². The van der Waals surface area contributed by atoms with Crippen LogP contribution in [0.2, 0.25) is 0 Å². The summed E-state index contributed by atoms with van der Waals surface area (Å²) in [6.07, 6.45) is 0.969. The highest BCUT2D eigenvalue weighted by Gasteiger charge is 2.02. The molecule has 0 saturated heterocycles. The molecule has 0 aromatic carbocycles. The van der Waals surface area contributed by atoms with Gasteiger partial charge in [0.25, 0.3) is 0 Å². The maximum atomic E-state index is 10.5. The third-order valence-corrected chi connectivity index (χ3v) is 1.19. The fourth-order valence-electron chi connectivity index (χ4n) is 0.694. The van der Waals surface area contributed by atoms with Crippen LogP contribution in [0.15, 0.2) is 0 Å². The Kier molecular flexibility index (Phi) is 8.18. The monoisotopic (exact) mass is 166 g/mol. The fraction of sp³-hybridized carbons (Fsp3) is 0.833. The molecular formula is C6H15ClN2O. The Hall–Kier alpha value is -0.440. The summed E-state index contributed by atoms with van der Waals surface area (Å²) in [6, 6.07) is -0.320. The minimum absolute atomic E-state index is 0. The van der Waals surface area contributed by atoms with Gasteiger partial charge in [-0.1, -0.05) is 6.92 Å². The number of halogens is 1. The van der Waals surface area contributed by atoms with Gasteiger partial charge in [-0.15, -0.1) is 12.4 Å². The Balaban J connectivity index is 0. The Labute approximate surface area is 68.0 Å². The van der Waals surface area contributed by atoms with Crippen LogP contribution < -0.4 is 5.73 Å². The van der Waals surface area contributed by atoms with E-state index in [0.717, 1.165) is 13.0 Å². The molecular weight excluding hydrogens is 152 g/mol. The molecule has 62 valence electrons. The summed E-state index contributed by atoms with van der Waals surface area (Å²) in [6.45, 7) is 5.42. The van der Waals surface area contributed by atoms with Gasteiger partial charge >= 0.3 is 6.03 Å². The van der Waals surface area contributed by atoms with E-state index in [2.05, 4.69) is 0 Å². The van der Waals surface area contributed by atoms with E-state index in [1.807, 2.05) is 13.8 Å². The van der Waals surface area contributed by atoms with Gasteiger partial charge in [-0.3, -0.25) is 0 Å². The highest BCUT2D eigenvalue weighted by molar-refractivity contribution is 5.85. The normalized spacial score (nSPS) is 8.20. The zero-order valence-electron chi connectivity index (χ0n) is 6.46. The van der Waals surface area contributed by atoms with Crippen LogP contribution in [0.4, 0.5) is 4.79 Å². The third kappa shape index (κ3) is 4.44. The van der Waals surface area contributed by atoms with Crippen molar-refractivity contribution in [3.8, 4) is 0 Å². The minimum atomic E-state index is -0.320. The molecule has 2 amide bonds. The van der Waals surface area contributed by atoms with Gasteiger partial charge in [-0.2, -0.15) is 0 Å². The number of carbonyl (C=O) groups is 1. The van der Waals surface area contributed by atoms with Crippen molar-refractivity contribution in [3.63, 3.8) is 0 Å². The largest absolute Gasteiger partial charge is 0.351 e. The first-order valence-corrected chi connectivity index (χ1v) is 3.26. The number of hydrogen-bond donors (Lipinski definition) is 1. The standard InChI is InChI=1S/C6H14N2O.ClH/c1-3-5-8(4-2)6(7)9;/h3-5H2,1-2H3,(H2,7,9);1H. The summed E-state index contributed by atoms with van der Waals surface area (Å²) in [5, 5.41) is 0. The first-order valence-electron chi connectivity index (χ1n) is 3.26. The van der Waals surface area contributed by atoms with Gasteiger partial charge in [0, 0.05) is 13.1 Å². The van der Waals surface area contributed by atoms with E-state index >= 15 is 0 Å². The van der Waals surface area contributed by atoms with Crippen LogP contribution in [-0.2, 0) is 0 Å². The molecule has 0 aliphatic carbocycles. The summed E-state index contributed by atoms with van der Waals surface area (Å²) in [5.41, 5.74) is 5.02. The summed E-state index contributed by atoms with van der Waals surface area (Å²) in [4.78, 5) is 12.1. The van der Waals surface area contributed by atoms with E-state index < -0.39 is 0 Å². The van der Waals surface area contributed by atoms with Crippen molar-refractivity contribution >= 4 is 18.4 Å². The maximum absolute atomic E-state index is 10.5. The molecule has 0 atom stereocenters. The van der Waals surface area contributed by atoms with Crippen LogP contribution in [0.25, 0.3) is 0 Å². The van der Waals surface area contributed by atoms with Gasteiger partial charge in [0.05, 0.1) is 0 Å². The van der Waals surface area contributed by atoms with Crippen LogP contribution in [0.1, 0.15) is 20.3 Å². The third-order valence-electron chi connectivity index (χ3n) is 1.19. The first-order chi connectivity index (χ1) is 4.22. The Morgan fingerprint density at radius 3 is 2.10 bits per heavy atom. The predicted octanol–water partition coefficient (Wildman–Crippen LogP) is 1.22. The number of rotatable bonds is 3. The molecule has 2 N–H and O–H groups in total. The van der Waals surface area contributed by atoms with E-state index in [1.165, 1.54) is 0 Å². The van der Waals surface area contributed by atoms with Crippen molar-refractivity contribution in [2.45, 2.75) is 20.3 Å². The molecule has 0 radical (unpaired) electrons. The average Bonchev–Trinajstić information content (AvgIpc) is 1.82. The molecule has 0 saturated carbocycles. The van der Waals surface area contributed by atoms with E-state index in [9.17, 15) is 4.79 Å². The Bertz CT molecular complexity index is 97.7. The lowest BCUT2D eigenvalue weighted by atomic mass is 10.4. The lowest BCUT2D eigenvalue weighted by Crippen LogP contribution is -2.35. The van der Waals surface area contributed by atoms with Crippen molar-refractivity contribution in [1.82, 2.24) is 4.90 Å². The van der Waals surface area contributed by atoms with Crippen molar-refractivity contribution in [3.05, 3.63) is 0 Å². The lowest BCUT2D eigenvalue weighted by Gasteiger charge is -2.15. The van der Waals surface area contributed by atoms with Crippen molar-refractivity contribution in [2.75, 3.05) is 13.1 Å². The van der Waals surface area contributed by atoms with E-state index in [1.54, 1.807) is 4.90 Å². The maximum Gasteiger partial charge on any atom is 0.314 e. The molecule has 3 nitrogen and oxygen atoms in total. The Morgan fingerprint density at radius 1 is 1.50 bits per heavy atom. The zero-order valence-corrected chi connectivity index (χ0v) is 7.28. The summed E-state index contributed by atoms with van der Waals surface area (Å²) in [7, 11) is 0. The van der Waals surface area contributed by atoms with Gasteiger partial charge in [0.2, 0.25) is 0 Å². The zero-order chi connectivity index (χ0) is 7.28. The van der Waals surface area contributed by atoms with Crippen molar-refractivity contribution in [2.24, 2.45) is 5.73 Å². The molecule has 10 heavy (non-hydrogen) atoms. The average molecular weight is 167 g/mol. The minimum Gasteiger partial charge on any atom is -0.351 e. The smallest absolute Gasteiger partial charge is 0.314 e. The van der Waals surface area contributed by atoms with Gasteiger partial charge in [-0.25, -0.2) is 4.79 Å². The van der Waals surface area contributed by atoms with Crippen LogP contribution in [-0.4, -0.2) is 24.0 Å². The topological polar surface area (TPSA) is 46.3 Å². The summed E-state index contributed by atoms with van der Waals surface area (Å²) < 4.78 is 0. The molecule has 0 heterocycles. The van der Waals surface area contributed by atoms with E-state index in [-0.39, 0.29) is 18.4 Å². The SMILES string of the molecule is CCCN(CC)C(N)=O.Cl. The number of nitrogens with zero attached hydrogens (tertiary/aromatic N) is 1. The number of amides is 2. The molecule has 4 heteroatoms. The lowest BCUT2D eigenvalue weighted by molar-refractivity contribution is 0.210. The highest BCUT2D eigenvalue weighted by atomic mass is 35.5. The Morgan fingerprint density at radius 2 is 2.00 bits per heavy atom. The molecule has 0 aromatic rings. The predicted molar refractivity (Wildman–Crippen MR) is 44.4 cm³/mol. The quantitative estimate of drug-likeness (QED) is 0.674. The first kappa shape index (κ1) is 12.3. The molecule has 0 unspecified atom stereocenters. The molecule has 0 aliphatic heterocycles. The second-order valence-corrected chi connectivity index (χ2v) is 1.92. The molecule has 0 bridgehead atoms. The second-order valence-electron chi connectivity index (χ2n) is 1.92. The summed E-state index contributed by atoms with van der Waals surface area (Å²) >= 11 is 0.